The normalized spacial score (nSPS) is 26.5. The smallest absolute Gasteiger partial charge is 0.311 e. The van der Waals surface area contributed by atoms with Gasteiger partial charge in [0.2, 0.25) is 0 Å². The minimum atomic E-state index is -0.732. The Hall–Kier alpha value is -2.47. The van der Waals surface area contributed by atoms with Crippen LogP contribution in [0.2, 0.25) is 0 Å². The van der Waals surface area contributed by atoms with Gasteiger partial charge in [-0.15, -0.1) is 0 Å². The predicted molar refractivity (Wildman–Crippen MR) is 98.0 cm³/mol. The zero-order valence-corrected chi connectivity index (χ0v) is 14.9. The predicted octanol–water partition coefficient (Wildman–Crippen LogP) is 2.25. The Balaban J connectivity index is 1.65. The van der Waals surface area contributed by atoms with E-state index < -0.39 is 11.4 Å². The highest BCUT2D eigenvalue weighted by atomic mass is 16.4. The third kappa shape index (κ3) is 2.56. The quantitative estimate of drug-likeness (QED) is 0.896. The lowest BCUT2D eigenvalue weighted by Crippen LogP contribution is -2.63. The molecule has 2 aromatic rings. The average Bonchev–Trinajstić information content (AvgIpc) is 2.67. The number of carbonyl (C=O) groups excluding carboxylic acids is 1. The average molecular weight is 353 g/mol. The van der Waals surface area contributed by atoms with Gasteiger partial charge in [-0.2, -0.15) is 0 Å². The second-order valence-electron chi connectivity index (χ2n) is 7.44. The third-order valence-electron chi connectivity index (χ3n) is 6.11. The van der Waals surface area contributed by atoms with Gasteiger partial charge in [0, 0.05) is 36.3 Å². The zero-order valence-electron chi connectivity index (χ0n) is 14.9. The van der Waals surface area contributed by atoms with Gasteiger partial charge in [0.15, 0.2) is 0 Å². The van der Waals surface area contributed by atoms with Crippen molar-refractivity contribution < 1.29 is 14.7 Å². The van der Waals surface area contributed by atoms with Crippen LogP contribution in [0.15, 0.2) is 36.5 Å². The third-order valence-corrected chi connectivity index (χ3v) is 6.11. The molecule has 0 saturated carbocycles. The summed E-state index contributed by atoms with van der Waals surface area (Å²) in [4.78, 5) is 33.5. The summed E-state index contributed by atoms with van der Waals surface area (Å²) in [7, 11) is 1.97. The van der Waals surface area contributed by atoms with Gasteiger partial charge >= 0.3 is 5.97 Å². The van der Waals surface area contributed by atoms with Crippen molar-refractivity contribution in [1.29, 1.82) is 0 Å². The Labute approximate surface area is 152 Å². The van der Waals surface area contributed by atoms with Gasteiger partial charge in [0.25, 0.3) is 5.91 Å². The summed E-state index contributed by atoms with van der Waals surface area (Å²) in [6.45, 7) is 1.81. The van der Waals surface area contributed by atoms with E-state index in [-0.39, 0.29) is 11.9 Å². The molecule has 1 aromatic carbocycles. The standard InChI is InChI=1S/C20H23N3O3/c1-22-11-4-8-20(19(25)26)9-12-23(13-17(20)22)18(24)15-5-2-7-16-14(15)6-3-10-21-16/h2-3,5-7,10,17H,4,8-9,11-13H2,1H3,(H,25,26)/t17-,20+/m1/s1. The number of carboxylic acid groups (broad SMARTS) is 1. The molecule has 2 atom stereocenters. The van der Waals surface area contributed by atoms with Crippen LogP contribution in [0.1, 0.15) is 29.6 Å². The van der Waals surface area contributed by atoms with Crippen LogP contribution in [-0.4, -0.2) is 64.5 Å². The number of nitrogens with zero attached hydrogens (tertiary/aromatic N) is 3. The number of pyridine rings is 1. The first kappa shape index (κ1) is 17.0. The lowest BCUT2D eigenvalue weighted by Gasteiger charge is -2.51. The first-order chi connectivity index (χ1) is 12.5. The molecule has 1 amide bonds. The fourth-order valence-corrected chi connectivity index (χ4v) is 4.63. The number of piperidine rings is 2. The molecule has 0 unspecified atom stereocenters. The number of aromatic nitrogens is 1. The number of amides is 1. The van der Waals surface area contributed by atoms with E-state index in [0.29, 0.717) is 31.5 Å². The Bertz CT molecular complexity index is 863. The number of rotatable bonds is 2. The molecule has 26 heavy (non-hydrogen) atoms. The number of carbonyl (C=O) groups is 2. The molecule has 0 aliphatic carbocycles. The number of benzene rings is 1. The number of hydrogen-bond donors (Lipinski definition) is 1. The molecule has 1 N–H and O–H groups in total. The van der Waals surface area contributed by atoms with Crippen molar-refractivity contribution in [2.24, 2.45) is 5.41 Å². The van der Waals surface area contributed by atoms with Gasteiger partial charge in [0.05, 0.1) is 10.9 Å². The van der Waals surface area contributed by atoms with E-state index in [1.165, 1.54) is 0 Å². The Morgan fingerprint density at radius 1 is 1.19 bits per heavy atom. The van der Waals surface area contributed by atoms with E-state index in [4.69, 9.17) is 0 Å². The van der Waals surface area contributed by atoms with Crippen molar-refractivity contribution in [3.05, 3.63) is 42.1 Å². The Morgan fingerprint density at radius 3 is 2.85 bits per heavy atom. The highest BCUT2D eigenvalue weighted by Gasteiger charge is 2.52. The second kappa shape index (κ2) is 6.36. The number of aliphatic carboxylic acids is 1. The zero-order chi connectivity index (χ0) is 18.3. The van der Waals surface area contributed by atoms with Gasteiger partial charge in [-0.1, -0.05) is 12.1 Å². The van der Waals surface area contributed by atoms with Crippen molar-refractivity contribution in [3.63, 3.8) is 0 Å². The van der Waals surface area contributed by atoms with Crippen molar-refractivity contribution in [2.45, 2.75) is 25.3 Å². The number of likely N-dealkylation sites (N-methyl/N-ethyl adjacent to an activating group) is 1. The number of fused-ring (bicyclic) bond motifs is 2. The number of carboxylic acids is 1. The summed E-state index contributed by atoms with van der Waals surface area (Å²) in [6, 6.07) is 9.18. The van der Waals surface area contributed by atoms with Crippen molar-refractivity contribution in [1.82, 2.24) is 14.8 Å². The van der Waals surface area contributed by atoms with E-state index in [9.17, 15) is 14.7 Å². The van der Waals surface area contributed by atoms with E-state index in [2.05, 4.69) is 9.88 Å². The van der Waals surface area contributed by atoms with Crippen LogP contribution in [0.4, 0.5) is 0 Å². The van der Waals surface area contributed by atoms with E-state index >= 15 is 0 Å². The largest absolute Gasteiger partial charge is 0.481 e. The van der Waals surface area contributed by atoms with Crippen LogP contribution >= 0.6 is 0 Å². The molecular formula is C20H23N3O3. The van der Waals surface area contributed by atoms with Crippen LogP contribution < -0.4 is 0 Å². The first-order valence-electron chi connectivity index (χ1n) is 9.09. The van der Waals surface area contributed by atoms with Gasteiger partial charge in [-0.3, -0.25) is 14.6 Å². The molecule has 2 saturated heterocycles. The molecule has 1 aromatic heterocycles. The maximum absolute atomic E-state index is 13.2. The van der Waals surface area contributed by atoms with Gasteiger partial charge in [-0.05, 0) is 51.1 Å². The van der Waals surface area contributed by atoms with Gasteiger partial charge in [0.1, 0.15) is 0 Å². The molecular weight excluding hydrogens is 330 g/mol. The van der Waals surface area contributed by atoms with Crippen LogP contribution in [0.3, 0.4) is 0 Å². The van der Waals surface area contributed by atoms with Crippen LogP contribution in [0.5, 0.6) is 0 Å². The maximum Gasteiger partial charge on any atom is 0.311 e. The number of hydrogen-bond acceptors (Lipinski definition) is 4. The van der Waals surface area contributed by atoms with Gasteiger partial charge < -0.3 is 14.9 Å². The lowest BCUT2D eigenvalue weighted by atomic mass is 9.68. The van der Waals surface area contributed by atoms with Crippen LogP contribution in [0, 0.1) is 5.41 Å². The highest BCUT2D eigenvalue weighted by Crippen LogP contribution is 2.42. The minimum absolute atomic E-state index is 0.0402. The fraction of sp³-hybridized carbons (Fsp3) is 0.450. The lowest BCUT2D eigenvalue weighted by molar-refractivity contribution is -0.161. The fourth-order valence-electron chi connectivity index (χ4n) is 4.63. The maximum atomic E-state index is 13.2. The molecule has 0 spiro atoms. The van der Waals surface area contributed by atoms with Crippen molar-refractivity contribution in [3.8, 4) is 0 Å². The summed E-state index contributed by atoms with van der Waals surface area (Å²) in [6.07, 6.45) is 3.81. The molecule has 6 nitrogen and oxygen atoms in total. The van der Waals surface area contributed by atoms with E-state index in [1.54, 1.807) is 6.20 Å². The molecule has 2 aliphatic heterocycles. The molecule has 6 heteroatoms. The summed E-state index contributed by atoms with van der Waals surface area (Å²) in [5, 5.41) is 10.7. The minimum Gasteiger partial charge on any atom is -0.481 e. The molecule has 4 rings (SSSR count). The topological polar surface area (TPSA) is 73.7 Å². The van der Waals surface area contributed by atoms with Crippen molar-refractivity contribution in [2.75, 3.05) is 26.7 Å². The highest BCUT2D eigenvalue weighted by molar-refractivity contribution is 6.06. The molecule has 0 radical (unpaired) electrons. The van der Waals surface area contributed by atoms with Crippen LogP contribution in [0.25, 0.3) is 10.9 Å². The number of likely N-dealkylation sites (tertiary alicyclic amines) is 2. The van der Waals surface area contributed by atoms with Gasteiger partial charge in [-0.25, -0.2) is 0 Å². The summed E-state index contributed by atoms with van der Waals surface area (Å²) in [5.74, 6) is -0.767. The Morgan fingerprint density at radius 2 is 2.04 bits per heavy atom. The van der Waals surface area contributed by atoms with E-state index in [1.807, 2.05) is 42.3 Å². The molecule has 136 valence electrons. The SMILES string of the molecule is CN1CCC[C@]2(C(=O)O)CCN(C(=O)c3cccc4ncccc34)C[C@@H]12. The summed E-state index contributed by atoms with van der Waals surface area (Å²) in [5.41, 5.74) is 0.700. The molecule has 2 fully saturated rings. The molecule has 3 heterocycles. The first-order valence-corrected chi connectivity index (χ1v) is 9.09. The van der Waals surface area contributed by atoms with Crippen LogP contribution in [-0.2, 0) is 4.79 Å². The Kier molecular flexibility index (Phi) is 4.15. The van der Waals surface area contributed by atoms with Crippen molar-refractivity contribution >= 4 is 22.8 Å². The summed E-state index contributed by atoms with van der Waals surface area (Å²) < 4.78 is 0. The molecule has 2 aliphatic rings. The monoisotopic (exact) mass is 353 g/mol. The second-order valence-corrected chi connectivity index (χ2v) is 7.44. The summed E-state index contributed by atoms with van der Waals surface area (Å²) >= 11 is 0. The molecule has 0 bridgehead atoms. The van der Waals surface area contributed by atoms with E-state index in [0.717, 1.165) is 23.9 Å².